The van der Waals surface area contributed by atoms with E-state index in [0.717, 1.165) is 11.3 Å². The number of hydrogen-bond donors (Lipinski definition) is 0. The molecule has 0 fully saturated rings. The monoisotopic (exact) mass is 850 g/mol. The van der Waals surface area contributed by atoms with E-state index >= 15 is 0 Å². The number of thiophene rings is 1. The van der Waals surface area contributed by atoms with E-state index in [1.54, 1.807) is 0 Å². The molecule has 10 rings (SSSR count). The topological polar surface area (TPSA) is 9.86 Å². The summed E-state index contributed by atoms with van der Waals surface area (Å²) < 4.78 is 3.63. The van der Waals surface area contributed by atoms with Gasteiger partial charge in [-0.05, 0) is 32.7 Å². The molecule has 3 aromatic heterocycles. The number of aromatic nitrogens is 2. The normalized spacial score (nSPS) is 12.0. The van der Waals surface area contributed by atoms with E-state index in [9.17, 15) is 0 Å². The van der Waals surface area contributed by atoms with Crippen molar-refractivity contribution in [3.8, 4) is 22.5 Å². The Hall–Kier alpha value is -3.95. The quantitative estimate of drug-likeness (QED) is 0.157. The molecule has 71 heavy (non-hydrogen) atoms. The molecule has 0 saturated heterocycles. The van der Waals surface area contributed by atoms with Crippen LogP contribution in [-0.4, -0.2) is 213 Å². The van der Waals surface area contributed by atoms with Gasteiger partial charge in [-0.2, -0.15) is 0 Å². The summed E-state index contributed by atoms with van der Waals surface area (Å²) >= 11 is 1.09. The van der Waals surface area contributed by atoms with Crippen molar-refractivity contribution in [2.75, 3.05) is 0 Å². The van der Waals surface area contributed by atoms with Crippen LogP contribution in [0.25, 0.3) is 86.3 Å². The lowest BCUT2D eigenvalue weighted by Crippen LogP contribution is -2.55. The minimum atomic E-state index is -0.227. The first kappa shape index (κ1) is 50.6. The average Bonchev–Trinajstić information content (AvgIpc) is 4.03. The molecule has 0 aliphatic heterocycles. The van der Waals surface area contributed by atoms with Crippen molar-refractivity contribution in [1.29, 1.82) is 0 Å². The van der Waals surface area contributed by atoms with Crippen LogP contribution in [0.5, 0.6) is 0 Å². The summed E-state index contributed by atoms with van der Waals surface area (Å²) in [6.45, 7) is 0. The molecule has 10 aromatic rings. The van der Waals surface area contributed by atoms with E-state index in [-0.39, 0.29) is 219 Å². The summed E-state index contributed by atoms with van der Waals surface area (Å²) in [5, 5.41) is 0.933. The van der Waals surface area contributed by atoms with Crippen molar-refractivity contribution in [3.05, 3.63) is 0 Å². The van der Waals surface area contributed by atoms with E-state index in [0.29, 0.717) is 9.40 Å². The Labute approximate surface area is 449 Å². The van der Waals surface area contributed by atoms with Crippen LogP contribution in [0.2, 0.25) is 0 Å². The van der Waals surface area contributed by atoms with Crippen molar-refractivity contribution in [1.82, 2.24) is 9.13 Å². The summed E-state index contributed by atoms with van der Waals surface area (Å²) in [6, 6.07) is 0. The van der Waals surface area contributed by atoms with Crippen LogP contribution in [0.3, 0.4) is 0 Å². The first-order valence-corrected chi connectivity index (χ1v) is 21.6. The maximum atomic E-state index is 7.52. The largest absolute Gasteiger partial charge is 0.312 e. The van der Waals surface area contributed by atoms with E-state index < -0.39 is 0 Å². The zero-order valence-electron chi connectivity index (χ0n) is 37.3. The molecule has 0 spiro atoms. The molecule has 262 valence electrons. The number of benzene rings is 7. The van der Waals surface area contributed by atoms with Gasteiger partial charge in [0.2, 0.25) is 0 Å². The van der Waals surface area contributed by atoms with Gasteiger partial charge in [-0.3, -0.25) is 0 Å². The van der Waals surface area contributed by atoms with Crippen molar-refractivity contribution < 1.29 is 0 Å². The van der Waals surface area contributed by atoms with Gasteiger partial charge in [0.1, 0.15) is 204 Å². The van der Waals surface area contributed by atoms with Gasteiger partial charge in [-0.15, -0.1) is 71.4 Å². The van der Waals surface area contributed by atoms with Crippen LogP contribution in [-0.2, 0) is 0 Å². The Morgan fingerprint density at radius 1 is 0.183 bits per heavy atom. The third kappa shape index (κ3) is 6.26. The molecule has 0 atom stereocenters. The molecule has 0 amide bonds. The third-order valence-electron chi connectivity index (χ3n) is 13.8. The maximum absolute atomic E-state index is 7.52. The molecule has 0 bridgehead atoms. The molecular formula is C42B26N2S. The van der Waals surface area contributed by atoms with Crippen molar-refractivity contribution in [2.24, 2.45) is 0 Å². The number of rotatable bonds is 3. The van der Waals surface area contributed by atoms with Gasteiger partial charge in [0, 0.05) is 47.9 Å². The highest BCUT2D eigenvalue weighted by atomic mass is 32.1. The molecule has 52 radical (unpaired) electrons. The van der Waals surface area contributed by atoms with Crippen LogP contribution in [0.1, 0.15) is 0 Å². The lowest BCUT2D eigenvalue weighted by molar-refractivity contribution is 1.21. The lowest BCUT2D eigenvalue weighted by Gasteiger charge is -2.29. The van der Waals surface area contributed by atoms with Crippen LogP contribution in [0.15, 0.2) is 0 Å². The second kappa shape index (κ2) is 16.8. The molecule has 2 nitrogen and oxygen atoms in total. The number of nitrogens with zero attached hydrogens (tertiary/aromatic N) is 2. The minimum absolute atomic E-state index is 0.000580. The summed E-state index contributed by atoms with van der Waals surface area (Å²) in [5.41, 5.74) is -2.56. The highest BCUT2D eigenvalue weighted by Crippen LogP contribution is 2.41. The third-order valence-corrected chi connectivity index (χ3v) is 15.1. The van der Waals surface area contributed by atoms with Crippen molar-refractivity contribution in [2.45, 2.75) is 0 Å². The summed E-state index contributed by atoms with van der Waals surface area (Å²) in [5.74, 6) is 0. The SMILES string of the molecule is [B]c1c([B])c([B])c(-c2c([B])c([B])c3sc4c([B])c([B])c([B])c([B])c4c3c2-n2c3c([B])c([B])c([B])c([B])c3c3c([B])c(-n4c5c([B])c([B])c([B])c([B])c5c5c([B])c([B])c([B])c([B])c54)c([B])c([B])c32)c([B])c1[B]. The highest BCUT2D eigenvalue weighted by Gasteiger charge is 2.32. The molecule has 0 aliphatic rings. The van der Waals surface area contributed by atoms with Gasteiger partial charge in [0.15, 0.2) is 0 Å². The Morgan fingerprint density at radius 2 is 0.437 bits per heavy atom. The Morgan fingerprint density at radius 3 is 0.845 bits per heavy atom. The van der Waals surface area contributed by atoms with Gasteiger partial charge >= 0.3 is 0 Å². The number of hydrogen-bond acceptors (Lipinski definition) is 1. The predicted octanol–water partition coefficient (Wildman–Crippen LogP) is -19.4. The summed E-state index contributed by atoms with van der Waals surface area (Å²) in [6.07, 6.45) is 0. The summed E-state index contributed by atoms with van der Waals surface area (Å²) in [4.78, 5) is 0. The smallest absolute Gasteiger partial charge is 0.117 e. The number of fused-ring (bicyclic) bond motifs is 9. The Kier molecular flexibility index (Phi) is 12.0. The van der Waals surface area contributed by atoms with Crippen LogP contribution < -0.4 is 142 Å². The van der Waals surface area contributed by atoms with Crippen molar-refractivity contribution in [3.63, 3.8) is 0 Å². The van der Waals surface area contributed by atoms with Crippen LogP contribution in [0, 0.1) is 0 Å². The van der Waals surface area contributed by atoms with Gasteiger partial charge in [-0.25, -0.2) is 0 Å². The fourth-order valence-electron chi connectivity index (χ4n) is 10.0. The van der Waals surface area contributed by atoms with Gasteiger partial charge in [0.05, 0.1) is 5.69 Å². The standard InChI is InChI=1S/C42B26N2S/c43-9-1(10(44)18(52)23(57)17(9)51)2-14(48)33(67)42-8(7-15(49)22(56)27(61)34(68)41(7)71-42)35(2)69-36-5(13(47)21(55)24(58)28(36)62)6-16(50)40(32(66)31(65)39(6)69)70-37-3(11(45)19(53)25(59)29(37)63)4-12(46)20(54)26(60)30(64)38(4)70. The van der Waals surface area contributed by atoms with E-state index in [4.69, 9.17) is 204 Å². The minimum Gasteiger partial charge on any atom is -0.312 e. The van der Waals surface area contributed by atoms with Gasteiger partial charge in [0.25, 0.3) is 0 Å². The van der Waals surface area contributed by atoms with E-state index in [2.05, 4.69) is 0 Å². The van der Waals surface area contributed by atoms with Crippen LogP contribution in [0.4, 0.5) is 0 Å². The Balaban J connectivity index is 1.57. The van der Waals surface area contributed by atoms with E-state index in [1.807, 2.05) is 0 Å². The second-order valence-electron chi connectivity index (χ2n) is 17.3. The van der Waals surface area contributed by atoms with Crippen LogP contribution >= 0.6 is 11.3 Å². The molecule has 0 N–H and O–H groups in total. The second-order valence-corrected chi connectivity index (χ2v) is 18.3. The average molecular weight is 846 g/mol. The molecular weight excluding hydrogens is 846 g/mol. The first-order valence-electron chi connectivity index (χ1n) is 20.8. The highest BCUT2D eigenvalue weighted by molar-refractivity contribution is 7.28. The first-order chi connectivity index (χ1) is 33.2. The van der Waals surface area contributed by atoms with Gasteiger partial charge in [-0.1, -0.05) is 81.9 Å². The predicted molar refractivity (Wildman–Crippen MR) is 334 cm³/mol. The lowest BCUT2D eigenvalue weighted by atomic mass is 9.58. The zero-order valence-corrected chi connectivity index (χ0v) is 38.1. The fourth-order valence-corrected chi connectivity index (χ4v) is 11.3. The molecule has 3 heterocycles. The van der Waals surface area contributed by atoms with Gasteiger partial charge < -0.3 is 9.13 Å². The molecule has 7 aromatic carbocycles. The summed E-state index contributed by atoms with van der Waals surface area (Å²) in [7, 11) is 177. The molecule has 0 aliphatic carbocycles. The maximum Gasteiger partial charge on any atom is 0.117 e. The zero-order chi connectivity index (χ0) is 52.1. The Bertz CT molecular complexity index is 4140. The molecule has 29 heteroatoms. The molecule has 0 saturated carbocycles. The fraction of sp³-hybridized carbons (Fsp3) is 0. The van der Waals surface area contributed by atoms with Crippen molar-refractivity contribution >= 4 is 421 Å². The molecule has 0 unspecified atom stereocenters. The van der Waals surface area contributed by atoms with E-state index in [1.165, 1.54) is 9.13 Å².